The summed E-state index contributed by atoms with van der Waals surface area (Å²) >= 11 is 0. The second kappa shape index (κ2) is 7.82. The van der Waals surface area contributed by atoms with Crippen LogP contribution in [0.4, 0.5) is 11.4 Å². The van der Waals surface area contributed by atoms with E-state index in [1.54, 1.807) is 49.6 Å². The monoisotopic (exact) mass is 367 g/mol. The van der Waals surface area contributed by atoms with Gasteiger partial charge in [-0.25, -0.2) is 0 Å². The number of hydrogen-bond acceptors (Lipinski definition) is 6. The van der Waals surface area contributed by atoms with Crippen LogP contribution in [0.15, 0.2) is 47.0 Å². The highest BCUT2D eigenvalue weighted by molar-refractivity contribution is 6.04. The van der Waals surface area contributed by atoms with Gasteiger partial charge in [-0.1, -0.05) is 5.16 Å². The molecule has 0 saturated heterocycles. The number of amides is 1. The number of ether oxygens (including phenoxy) is 2. The Balaban J connectivity index is 1.62. The predicted molar refractivity (Wildman–Crippen MR) is 102 cm³/mol. The number of carbonyl (C=O) groups excluding carboxylic acids is 1. The maximum absolute atomic E-state index is 12.4. The molecule has 1 amide bonds. The number of methoxy groups -OCH3 is 1. The maximum atomic E-state index is 12.4. The fourth-order valence-electron chi connectivity index (χ4n) is 2.58. The molecule has 7 nitrogen and oxygen atoms in total. The molecule has 27 heavy (non-hydrogen) atoms. The number of nitrogens with zero attached hydrogens (tertiary/aromatic N) is 1. The summed E-state index contributed by atoms with van der Waals surface area (Å²) < 4.78 is 16.0. The predicted octanol–water partition coefficient (Wildman–Crippen LogP) is 3.71. The van der Waals surface area contributed by atoms with Crippen LogP contribution < -0.4 is 20.5 Å². The number of anilines is 2. The molecular formula is C20H21N3O4. The lowest BCUT2D eigenvalue weighted by atomic mass is 10.2. The molecule has 0 aliphatic heterocycles. The fourth-order valence-corrected chi connectivity index (χ4v) is 2.58. The van der Waals surface area contributed by atoms with E-state index in [0.29, 0.717) is 35.0 Å². The molecule has 1 heterocycles. The second-order valence-corrected chi connectivity index (χ2v) is 6.03. The van der Waals surface area contributed by atoms with Gasteiger partial charge >= 0.3 is 0 Å². The van der Waals surface area contributed by atoms with E-state index >= 15 is 0 Å². The summed E-state index contributed by atoms with van der Waals surface area (Å²) in [6.45, 7) is 4.07. The van der Waals surface area contributed by atoms with Gasteiger partial charge in [-0.05, 0) is 56.3 Å². The van der Waals surface area contributed by atoms with Crippen molar-refractivity contribution in [3.05, 3.63) is 65.0 Å². The van der Waals surface area contributed by atoms with Gasteiger partial charge in [-0.2, -0.15) is 0 Å². The molecule has 3 N–H and O–H groups in total. The maximum Gasteiger partial charge on any atom is 0.255 e. The summed E-state index contributed by atoms with van der Waals surface area (Å²) in [5.74, 6) is 1.71. The minimum atomic E-state index is -0.239. The van der Waals surface area contributed by atoms with E-state index in [4.69, 9.17) is 19.7 Å². The van der Waals surface area contributed by atoms with Crippen LogP contribution in [0.25, 0.3) is 0 Å². The summed E-state index contributed by atoms with van der Waals surface area (Å²) in [6, 6.07) is 12.0. The molecule has 0 bridgehead atoms. The van der Waals surface area contributed by atoms with Crippen LogP contribution in [0.3, 0.4) is 0 Å². The van der Waals surface area contributed by atoms with Crippen molar-refractivity contribution in [3.63, 3.8) is 0 Å². The van der Waals surface area contributed by atoms with Gasteiger partial charge in [0.15, 0.2) is 0 Å². The highest BCUT2D eigenvalue weighted by Crippen LogP contribution is 2.25. The zero-order valence-electron chi connectivity index (χ0n) is 15.4. The zero-order chi connectivity index (χ0) is 19.4. The molecule has 1 aromatic heterocycles. The van der Waals surface area contributed by atoms with E-state index in [-0.39, 0.29) is 5.91 Å². The second-order valence-electron chi connectivity index (χ2n) is 6.03. The Labute approximate surface area is 157 Å². The van der Waals surface area contributed by atoms with Gasteiger partial charge < -0.3 is 25.0 Å². The van der Waals surface area contributed by atoms with Gasteiger partial charge in [0.05, 0.1) is 24.1 Å². The van der Waals surface area contributed by atoms with Crippen LogP contribution in [0, 0.1) is 13.8 Å². The molecular weight excluding hydrogens is 346 g/mol. The van der Waals surface area contributed by atoms with Gasteiger partial charge in [0.25, 0.3) is 5.91 Å². The van der Waals surface area contributed by atoms with Gasteiger partial charge in [0.1, 0.15) is 23.9 Å². The minimum Gasteiger partial charge on any atom is -0.495 e. The van der Waals surface area contributed by atoms with Crippen LogP contribution >= 0.6 is 0 Å². The summed E-state index contributed by atoms with van der Waals surface area (Å²) in [7, 11) is 1.54. The van der Waals surface area contributed by atoms with Crippen molar-refractivity contribution in [1.29, 1.82) is 0 Å². The SMILES string of the molecule is COc1ccc(NC(=O)c2ccc(OCc3c(C)noc3C)cc2)cc1N. The molecule has 7 heteroatoms. The van der Waals surface area contributed by atoms with Crippen LogP contribution in [0.1, 0.15) is 27.4 Å². The lowest BCUT2D eigenvalue weighted by Gasteiger charge is -2.10. The average molecular weight is 367 g/mol. The normalized spacial score (nSPS) is 10.5. The largest absolute Gasteiger partial charge is 0.495 e. The smallest absolute Gasteiger partial charge is 0.255 e. The lowest BCUT2D eigenvalue weighted by Crippen LogP contribution is -2.12. The van der Waals surface area contributed by atoms with E-state index < -0.39 is 0 Å². The Morgan fingerprint density at radius 1 is 1.19 bits per heavy atom. The van der Waals surface area contributed by atoms with Crippen LogP contribution in [-0.2, 0) is 6.61 Å². The Hall–Kier alpha value is -3.48. The van der Waals surface area contributed by atoms with Gasteiger partial charge in [-0.3, -0.25) is 4.79 Å². The standard InChI is InChI=1S/C20H21N3O4/c1-12-17(13(2)27-23-12)11-26-16-7-4-14(5-8-16)20(24)22-15-6-9-19(25-3)18(21)10-15/h4-10H,11,21H2,1-3H3,(H,22,24). The topological polar surface area (TPSA) is 99.6 Å². The number of rotatable bonds is 6. The van der Waals surface area contributed by atoms with E-state index in [1.807, 2.05) is 13.8 Å². The van der Waals surface area contributed by atoms with Gasteiger partial charge in [-0.15, -0.1) is 0 Å². The Bertz CT molecular complexity index is 929. The van der Waals surface area contributed by atoms with E-state index in [2.05, 4.69) is 10.5 Å². The van der Waals surface area contributed by atoms with Gasteiger partial charge in [0.2, 0.25) is 0 Å². The first kappa shape index (κ1) is 18.3. The molecule has 2 aromatic carbocycles. The van der Waals surface area contributed by atoms with Crippen molar-refractivity contribution < 1.29 is 18.8 Å². The van der Waals surface area contributed by atoms with E-state index in [9.17, 15) is 4.79 Å². The molecule has 0 aliphatic carbocycles. The van der Waals surface area contributed by atoms with Crippen molar-refractivity contribution in [3.8, 4) is 11.5 Å². The molecule has 3 rings (SSSR count). The van der Waals surface area contributed by atoms with Crippen molar-refractivity contribution in [2.75, 3.05) is 18.2 Å². The third-order valence-corrected chi connectivity index (χ3v) is 4.17. The highest BCUT2D eigenvalue weighted by atomic mass is 16.5. The summed E-state index contributed by atoms with van der Waals surface area (Å²) in [6.07, 6.45) is 0. The number of carbonyl (C=O) groups is 1. The number of aromatic nitrogens is 1. The van der Waals surface area contributed by atoms with Crippen molar-refractivity contribution in [2.24, 2.45) is 0 Å². The first-order chi connectivity index (χ1) is 13.0. The highest BCUT2D eigenvalue weighted by Gasteiger charge is 2.11. The molecule has 0 saturated carbocycles. The zero-order valence-corrected chi connectivity index (χ0v) is 15.4. The van der Waals surface area contributed by atoms with E-state index in [0.717, 1.165) is 17.0 Å². The lowest BCUT2D eigenvalue weighted by molar-refractivity contribution is 0.102. The molecule has 0 spiro atoms. The molecule has 140 valence electrons. The third-order valence-electron chi connectivity index (χ3n) is 4.17. The number of aryl methyl sites for hydroxylation is 2. The van der Waals surface area contributed by atoms with Gasteiger partial charge in [0, 0.05) is 11.3 Å². The number of hydrogen-bond donors (Lipinski definition) is 2. The first-order valence-electron chi connectivity index (χ1n) is 8.37. The number of benzene rings is 2. The molecule has 0 radical (unpaired) electrons. The third kappa shape index (κ3) is 4.20. The molecule has 3 aromatic rings. The van der Waals surface area contributed by atoms with Crippen molar-refractivity contribution >= 4 is 17.3 Å². The quantitative estimate of drug-likeness (QED) is 0.644. The number of nitrogens with two attached hydrogens (primary N) is 1. The first-order valence-corrected chi connectivity index (χ1v) is 8.37. The minimum absolute atomic E-state index is 0.239. The molecule has 0 unspecified atom stereocenters. The summed E-state index contributed by atoms with van der Waals surface area (Å²) in [5.41, 5.74) is 9.15. The Kier molecular flexibility index (Phi) is 5.30. The van der Waals surface area contributed by atoms with E-state index in [1.165, 1.54) is 0 Å². The molecule has 0 aliphatic rings. The molecule has 0 fully saturated rings. The van der Waals surface area contributed by atoms with Crippen LogP contribution in [-0.4, -0.2) is 18.2 Å². The Morgan fingerprint density at radius 2 is 1.93 bits per heavy atom. The number of nitrogens with one attached hydrogen (secondary N) is 1. The molecule has 0 atom stereocenters. The van der Waals surface area contributed by atoms with Crippen LogP contribution in [0.2, 0.25) is 0 Å². The summed E-state index contributed by atoms with van der Waals surface area (Å²) in [4.78, 5) is 12.4. The average Bonchev–Trinajstić information content (AvgIpc) is 2.98. The number of nitrogen functional groups attached to an aromatic ring is 1. The fraction of sp³-hybridized carbons (Fsp3) is 0.200. The van der Waals surface area contributed by atoms with Crippen LogP contribution in [0.5, 0.6) is 11.5 Å². The van der Waals surface area contributed by atoms with Crippen molar-refractivity contribution in [2.45, 2.75) is 20.5 Å². The Morgan fingerprint density at radius 3 is 2.52 bits per heavy atom. The van der Waals surface area contributed by atoms with Crippen molar-refractivity contribution in [1.82, 2.24) is 5.16 Å². The summed E-state index contributed by atoms with van der Waals surface area (Å²) in [5, 5.41) is 6.70.